The quantitative estimate of drug-likeness (QED) is 0.917. The van der Waals surface area contributed by atoms with Crippen LogP contribution in [-0.4, -0.2) is 16.8 Å². The van der Waals surface area contributed by atoms with Crippen molar-refractivity contribution in [2.45, 2.75) is 19.4 Å². The van der Waals surface area contributed by atoms with Crippen LogP contribution in [0.5, 0.6) is 0 Å². The number of aliphatic hydroxyl groups is 1. The van der Waals surface area contributed by atoms with Gasteiger partial charge in [-0.2, -0.15) is 0 Å². The lowest BCUT2D eigenvalue weighted by molar-refractivity contribution is -0.118. The number of Topliss-reactive ketones (excluding diaryl/α,β-unsaturated/α-hetero) is 1. The molecule has 0 bridgehead atoms. The van der Waals surface area contributed by atoms with E-state index in [1.54, 1.807) is 37.3 Å². The van der Waals surface area contributed by atoms with E-state index in [1.165, 1.54) is 6.07 Å². The lowest BCUT2D eigenvalue weighted by Crippen LogP contribution is -2.31. The van der Waals surface area contributed by atoms with Gasteiger partial charge in [-0.3, -0.25) is 14.5 Å². The number of hydrogen-bond donors (Lipinski definition) is 1. The monoisotopic (exact) mass is 343 g/mol. The fraction of sp³-hybridized carbons (Fsp3) is 0.158. The lowest BCUT2D eigenvalue weighted by atomic mass is 9.95. The summed E-state index contributed by atoms with van der Waals surface area (Å²) in [4.78, 5) is 26.0. The number of halogens is 2. The summed E-state index contributed by atoms with van der Waals surface area (Å²) in [5, 5.41) is 10.2. The molecule has 0 saturated carbocycles. The van der Waals surface area contributed by atoms with Gasteiger partial charge in [-0.05, 0) is 17.7 Å². The topological polar surface area (TPSA) is 57.6 Å². The average molecular weight is 343 g/mol. The molecule has 1 unspecified atom stereocenters. The van der Waals surface area contributed by atoms with Crippen molar-refractivity contribution in [3.8, 4) is 0 Å². The van der Waals surface area contributed by atoms with Crippen LogP contribution >= 0.6 is 0 Å². The summed E-state index contributed by atoms with van der Waals surface area (Å²) in [5.41, 5.74) is 0.605. The second-order valence-electron chi connectivity index (χ2n) is 5.63. The highest BCUT2D eigenvalue weighted by molar-refractivity contribution is 6.16. The van der Waals surface area contributed by atoms with Crippen molar-refractivity contribution in [2.24, 2.45) is 0 Å². The zero-order valence-electron chi connectivity index (χ0n) is 13.4. The minimum atomic E-state index is -1.12. The zero-order valence-corrected chi connectivity index (χ0v) is 13.4. The number of nitrogens with zero attached hydrogens (tertiary/aromatic N) is 1. The van der Waals surface area contributed by atoms with Gasteiger partial charge in [0.05, 0.1) is 11.6 Å². The van der Waals surface area contributed by atoms with Gasteiger partial charge in [-0.25, -0.2) is 8.78 Å². The molecule has 0 aromatic heterocycles. The van der Waals surface area contributed by atoms with Gasteiger partial charge in [0, 0.05) is 18.2 Å². The molecular weight excluding hydrogens is 328 g/mol. The third kappa shape index (κ3) is 2.80. The van der Waals surface area contributed by atoms with Crippen molar-refractivity contribution in [3.05, 3.63) is 77.1 Å². The van der Waals surface area contributed by atoms with E-state index in [0.29, 0.717) is 5.56 Å². The van der Waals surface area contributed by atoms with Crippen molar-refractivity contribution < 1.29 is 23.5 Å². The number of amides is 1. The first-order valence-electron chi connectivity index (χ1n) is 7.75. The van der Waals surface area contributed by atoms with Crippen molar-refractivity contribution >= 4 is 17.4 Å². The molecule has 1 aliphatic rings. The molecule has 0 radical (unpaired) electrons. The van der Waals surface area contributed by atoms with Gasteiger partial charge < -0.3 is 5.11 Å². The molecule has 25 heavy (non-hydrogen) atoms. The molecule has 0 spiro atoms. The van der Waals surface area contributed by atoms with Gasteiger partial charge in [-0.15, -0.1) is 0 Å². The molecule has 2 aromatic rings. The van der Waals surface area contributed by atoms with E-state index in [0.717, 1.165) is 17.0 Å². The van der Waals surface area contributed by atoms with Gasteiger partial charge in [0.1, 0.15) is 0 Å². The van der Waals surface area contributed by atoms with Crippen LogP contribution in [0, 0.1) is 11.6 Å². The van der Waals surface area contributed by atoms with Crippen molar-refractivity contribution in [3.63, 3.8) is 0 Å². The third-order valence-electron chi connectivity index (χ3n) is 4.13. The van der Waals surface area contributed by atoms with Crippen molar-refractivity contribution in [1.82, 2.24) is 0 Å². The minimum Gasteiger partial charge on any atom is -0.503 e. The molecule has 1 aliphatic heterocycles. The molecule has 0 aliphatic carbocycles. The summed E-state index contributed by atoms with van der Waals surface area (Å²) in [6.45, 7) is 1.62. The smallest absolute Gasteiger partial charge is 0.294 e. The number of carbonyl (C=O) groups excluding carboxylic acids is 2. The van der Waals surface area contributed by atoms with E-state index in [9.17, 15) is 23.5 Å². The van der Waals surface area contributed by atoms with Crippen LogP contribution in [0.3, 0.4) is 0 Å². The molecular formula is C19H15F2NO3. The molecule has 0 saturated heterocycles. The van der Waals surface area contributed by atoms with Crippen LogP contribution in [0.1, 0.15) is 24.9 Å². The van der Waals surface area contributed by atoms with E-state index < -0.39 is 29.3 Å². The summed E-state index contributed by atoms with van der Waals surface area (Å²) in [6, 6.07) is 10.7. The highest BCUT2D eigenvalue weighted by atomic mass is 19.2. The summed E-state index contributed by atoms with van der Waals surface area (Å²) in [5.74, 6) is -4.03. The second-order valence-corrected chi connectivity index (χ2v) is 5.63. The first kappa shape index (κ1) is 16.8. The number of aliphatic hydroxyl groups excluding tert-OH is 1. The molecule has 1 N–H and O–H groups in total. The largest absolute Gasteiger partial charge is 0.503 e. The Kier molecular flexibility index (Phi) is 4.35. The number of anilines is 1. The van der Waals surface area contributed by atoms with E-state index in [-0.39, 0.29) is 23.5 Å². The Morgan fingerprint density at radius 3 is 2.40 bits per heavy atom. The SMILES string of the molecule is CCC(=O)C1=C(O)C(=O)N(c2ccc(F)c(F)c2)C1c1ccccc1. The number of benzene rings is 2. The summed E-state index contributed by atoms with van der Waals surface area (Å²) in [7, 11) is 0. The fourth-order valence-electron chi connectivity index (χ4n) is 2.93. The Hall–Kier alpha value is -3.02. The van der Waals surface area contributed by atoms with Crippen LogP contribution < -0.4 is 4.90 Å². The highest BCUT2D eigenvalue weighted by Crippen LogP contribution is 2.41. The van der Waals surface area contributed by atoms with E-state index in [1.807, 2.05) is 0 Å². The normalized spacial score (nSPS) is 17.3. The molecule has 6 heteroatoms. The first-order valence-corrected chi connectivity index (χ1v) is 7.75. The van der Waals surface area contributed by atoms with Crippen LogP contribution in [0.15, 0.2) is 59.9 Å². The maximum absolute atomic E-state index is 13.7. The van der Waals surface area contributed by atoms with Crippen LogP contribution in [0.2, 0.25) is 0 Å². The molecule has 3 rings (SSSR count). The Labute approximate surface area is 143 Å². The summed E-state index contributed by atoms with van der Waals surface area (Å²) in [6.07, 6.45) is 0.0988. The van der Waals surface area contributed by atoms with Crippen LogP contribution in [-0.2, 0) is 9.59 Å². The molecule has 1 heterocycles. The van der Waals surface area contributed by atoms with Crippen molar-refractivity contribution in [2.75, 3.05) is 4.90 Å². The predicted molar refractivity (Wildman–Crippen MR) is 88.0 cm³/mol. The number of ketones is 1. The Morgan fingerprint density at radius 2 is 1.80 bits per heavy atom. The molecule has 1 amide bonds. The van der Waals surface area contributed by atoms with E-state index in [4.69, 9.17) is 0 Å². The van der Waals surface area contributed by atoms with Crippen LogP contribution in [0.4, 0.5) is 14.5 Å². The molecule has 1 atom stereocenters. The van der Waals surface area contributed by atoms with Gasteiger partial charge >= 0.3 is 0 Å². The highest BCUT2D eigenvalue weighted by Gasteiger charge is 2.43. The van der Waals surface area contributed by atoms with Gasteiger partial charge in [0.25, 0.3) is 5.91 Å². The van der Waals surface area contributed by atoms with Crippen LogP contribution in [0.25, 0.3) is 0 Å². The van der Waals surface area contributed by atoms with Gasteiger partial charge in [0.15, 0.2) is 23.2 Å². The lowest BCUT2D eigenvalue weighted by Gasteiger charge is -2.27. The summed E-state index contributed by atoms with van der Waals surface area (Å²) >= 11 is 0. The maximum atomic E-state index is 13.7. The minimum absolute atomic E-state index is 0.0385. The molecule has 4 nitrogen and oxygen atoms in total. The predicted octanol–water partition coefficient (Wildman–Crippen LogP) is 3.84. The average Bonchev–Trinajstić information content (AvgIpc) is 2.89. The number of rotatable bonds is 4. The number of carbonyl (C=O) groups is 2. The molecule has 2 aromatic carbocycles. The number of hydrogen-bond acceptors (Lipinski definition) is 3. The Bertz CT molecular complexity index is 877. The Morgan fingerprint density at radius 1 is 1.12 bits per heavy atom. The third-order valence-corrected chi connectivity index (χ3v) is 4.13. The van der Waals surface area contributed by atoms with E-state index >= 15 is 0 Å². The first-order chi connectivity index (χ1) is 12.0. The Balaban J connectivity index is 2.18. The van der Waals surface area contributed by atoms with Gasteiger partial charge in [-0.1, -0.05) is 37.3 Å². The van der Waals surface area contributed by atoms with Gasteiger partial charge in [0.2, 0.25) is 0 Å². The van der Waals surface area contributed by atoms with E-state index in [2.05, 4.69) is 0 Å². The molecule has 128 valence electrons. The second kappa shape index (κ2) is 6.47. The zero-order chi connectivity index (χ0) is 18.1. The fourth-order valence-corrected chi connectivity index (χ4v) is 2.93. The summed E-state index contributed by atoms with van der Waals surface area (Å²) < 4.78 is 26.9. The molecule has 0 fully saturated rings. The van der Waals surface area contributed by atoms with Crippen molar-refractivity contribution in [1.29, 1.82) is 0 Å². The standard InChI is InChI=1S/C19H15F2NO3/c1-2-15(23)16-17(11-6-4-3-5-7-11)22(19(25)18(16)24)12-8-9-13(20)14(21)10-12/h3-10,17,24H,2H2,1H3. The maximum Gasteiger partial charge on any atom is 0.294 e.